The van der Waals surface area contributed by atoms with Crippen LogP contribution in [0.5, 0.6) is 0 Å². The van der Waals surface area contributed by atoms with E-state index in [1.807, 2.05) is 14.1 Å². The molecule has 32 heavy (non-hydrogen) atoms. The molecule has 2 saturated carbocycles. The molecule has 0 radical (unpaired) electrons. The highest BCUT2D eigenvalue weighted by Gasteiger charge is 2.60. The molecule has 180 valence electrons. The second-order valence-electron chi connectivity index (χ2n) is 11.9. The molecule has 1 aliphatic heterocycles. The standard InChI is InChI=1S/C27H44N2O3/c1-18(8-7-9-24(30)28(4)5)20-11-12-21-19-10-13-23-27(3,17-15-25(31)29(23)32-6)22(19)14-16-26(20,21)2/h13,18-22H,7-12,14-17H2,1-6H3/t18-,19+,20-,21+,22+,26-,27-/m1/s1. The van der Waals surface area contributed by atoms with Crippen molar-refractivity contribution in [1.82, 2.24) is 9.96 Å². The van der Waals surface area contributed by atoms with Gasteiger partial charge in [0, 0.05) is 32.4 Å². The molecule has 0 N–H and O–H groups in total. The van der Waals surface area contributed by atoms with Crippen molar-refractivity contribution >= 4 is 11.8 Å². The molecule has 0 unspecified atom stereocenters. The summed E-state index contributed by atoms with van der Waals surface area (Å²) in [5.74, 6) is 3.96. The highest BCUT2D eigenvalue weighted by Crippen LogP contribution is 2.67. The third-order valence-electron chi connectivity index (χ3n) is 10.2. The molecule has 7 atom stereocenters. The molecule has 5 heteroatoms. The number of fused-ring (bicyclic) bond motifs is 5. The van der Waals surface area contributed by atoms with Crippen molar-refractivity contribution in [3.63, 3.8) is 0 Å². The van der Waals surface area contributed by atoms with Gasteiger partial charge >= 0.3 is 0 Å². The molecule has 3 fully saturated rings. The van der Waals surface area contributed by atoms with Gasteiger partial charge < -0.3 is 4.90 Å². The molecule has 0 aromatic carbocycles. The van der Waals surface area contributed by atoms with Crippen molar-refractivity contribution in [2.75, 3.05) is 21.2 Å². The summed E-state index contributed by atoms with van der Waals surface area (Å²) >= 11 is 0. The molecule has 2 amide bonds. The lowest BCUT2D eigenvalue weighted by atomic mass is 9.48. The van der Waals surface area contributed by atoms with Crippen LogP contribution in [0.1, 0.15) is 85.0 Å². The van der Waals surface area contributed by atoms with E-state index in [9.17, 15) is 9.59 Å². The van der Waals surface area contributed by atoms with Gasteiger partial charge in [-0.15, -0.1) is 0 Å². The lowest BCUT2D eigenvalue weighted by molar-refractivity contribution is -0.184. The lowest BCUT2D eigenvalue weighted by Gasteiger charge is -2.58. The van der Waals surface area contributed by atoms with Gasteiger partial charge in [-0.25, -0.2) is 0 Å². The van der Waals surface area contributed by atoms with Crippen LogP contribution < -0.4 is 0 Å². The third kappa shape index (κ3) is 3.73. The Balaban J connectivity index is 1.48. The first-order valence-electron chi connectivity index (χ1n) is 12.9. The van der Waals surface area contributed by atoms with E-state index >= 15 is 0 Å². The van der Waals surface area contributed by atoms with E-state index in [-0.39, 0.29) is 17.2 Å². The summed E-state index contributed by atoms with van der Waals surface area (Å²) in [4.78, 5) is 31.7. The van der Waals surface area contributed by atoms with Crippen molar-refractivity contribution in [3.8, 4) is 0 Å². The molecular weight excluding hydrogens is 400 g/mol. The van der Waals surface area contributed by atoms with Crippen LogP contribution in [0.3, 0.4) is 0 Å². The molecular formula is C27H44N2O3. The van der Waals surface area contributed by atoms with Crippen molar-refractivity contribution in [3.05, 3.63) is 11.8 Å². The van der Waals surface area contributed by atoms with Gasteiger partial charge in [0.05, 0.1) is 12.8 Å². The van der Waals surface area contributed by atoms with E-state index < -0.39 is 0 Å². The van der Waals surface area contributed by atoms with Gasteiger partial charge in [0.25, 0.3) is 5.91 Å². The maximum absolute atomic E-state index is 12.4. The van der Waals surface area contributed by atoms with Gasteiger partial charge in [-0.05, 0) is 86.4 Å². The number of hydrogen-bond donors (Lipinski definition) is 0. The van der Waals surface area contributed by atoms with Gasteiger partial charge in [-0.1, -0.05) is 26.8 Å². The first kappa shape index (κ1) is 23.8. The monoisotopic (exact) mass is 444 g/mol. The number of hydroxylamine groups is 2. The Labute approximate surface area is 194 Å². The Kier molecular flexibility index (Phi) is 6.52. The number of piperidine rings is 1. The molecule has 0 bridgehead atoms. The highest BCUT2D eigenvalue weighted by atomic mass is 16.7. The van der Waals surface area contributed by atoms with Gasteiger partial charge in [0.2, 0.25) is 5.91 Å². The van der Waals surface area contributed by atoms with Crippen molar-refractivity contribution in [2.24, 2.45) is 40.4 Å². The zero-order valence-electron chi connectivity index (χ0n) is 21.2. The van der Waals surface area contributed by atoms with Crippen LogP contribution in [-0.4, -0.2) is 43.0 Å². The van der Waals surface area contributed by atoms with Gasteiger partial charge in [-0.2, -0.15) is 5.06 Å². The molecule has 0 aromatic rings. The van der Waals surface area contributed by atoms with Crippen molar-refractivity contribution in [2.45, 2.75) is 85.0 Å². The molecule has 5 nitrogen and oxygen atoms in total. The zero-order valence-corrected chi connectivity index (χ0v) is 21.2. The molecule has 4 aliphatic rings. The smallest absolute Gasteiger partial charge is 0.250 e. The Hall–Kier alpha value is -1.36. The van der Waals surface area contributed by atoms with Crippen LogP contribution in [-0.2, 0) is 14.4 Å². The number of nitrogens with zero attached hydrogens (tertiary/aromatic N) is 2. The number of amides is 2. The van der Waals surface area contributed by atoms with Crippen LogP contribution in [0, 0.1) is 40.4 Å². The minimum absolute atomic E-state index is 0.0599. The number of hydrogen-bond acceptors (Lipinski definition) is 3. The highest BCUT2D eigenvalue weighted by molar-refractivity contribution is 5.78. The maximum atomic E-state index is 12.4. The topological polar surface area (TPSA) is 49.9 Å². The average Bonchev–Trinajstić information content (AvgIpc) is 3.11. The number of carbonyl (C=O) groups is 2. The molecule has 0 spiro atoms. The van der Waals surface area contributed by atoms with Crippen molar-refractivity contribution < 1.29 is 14.4 Å². The molecule has 4 rings (SSSR count). The first-order chi connectivity index (χ1) is 15.1. The van der Waals surface area contributed by atoms with Gasteiger partial charge in [0.15, 0.2) is 0 Å². The Morgan fingerprint density at radius 1 is 1.22 bits per heavy atom. The van der Waals surface area contributed by atoms with E-state index in [2.05, 4.69) is 26.8 Å². The molecule has 3 aliphatic carbocycles. The summed E-state index contributed by atoms with van der Waals surface area (Å²) in [5.41, 5.74) is 1.61. The van der Waals surface area contributed by atoms with Crippen LogP contribution >= 0.6 is 0 Å². The minimum atomic E-state index is 0.0599. The summed E-state index contributed by atoms with van der Waals surface area (Å²) in [6, 6.07) is 0. The number of carbonyl (C=O) groups excluding carboxylic acids is 2. The van der Waals surface area contributed by atoms with Crippen LogP contribution in [0.4, 0.5) is 0 Å². The molecule has 1 heterocycles. The zero-order chi connectivity index (χ0) is 23.3. The fraction of sp³-hybridized carbons (Fsp3) is 0.852. The van der Waals surface area contributed by atoms with Crippen LogP contribution in [0.2, 0.25) is 0 Å². The number of allylic oxidation sites excluding steroid dienone is 2. The van der Waals surface area contributed by atoms with E-state index in [4.69, 9.17) is 4.84 Å². The number of rotatable bonds is 6. The normalized spacial score (nSPS) is 39.6. The Bertz CT molecular complexity index is 777. The fourth-order valence-electron chi connectivity index (χ4n) is 8.48. The SMILES string of the molecule is CON1C(=O)CC[C@@]2(C)C1=CC[C@H]1[C@@H]3CC[C@H]([C@H](C)CCCC(=O)N(C)C)[C@@]3(C)CC[C@@H]12. The van der Waals surface area contributed by atoms with Crippen LogP contribution in [0.15, 0.2) is 11.8 Å². The van der Waals surface area contributed by atoms with E-state index in [1.165, 1.54) is 25.7 Å². The summed E-state index contributed by atoms with van der Waals surface area (Å²) in [6.45, 7) is 7.42. The Morgan fingerprint density at radius 3 is 2.66 bits per heavy atom. The average molecular weight is 445 g/mol. The predicted molar refractivity (Wildman–Crippen MR) is 126 cm³/mol. The summed E-state index contributed by atoms with van der Waals surface area (Å²) in [5, 5.41) is 1.60. The van der Waals surface area contributed by atoms with Crippen molar-refractivity contribution in [1.29, 1.82) is 0 Å². The second-order valence-corrected chi connectivity index (χ2v) is 11.9. The van der Waals surface area contributed by atoms with E-state index in [1.54, 1.807) is 17.1 Å². The third-order valence-corrected chi connectivity index (χ3v) is 10.2. The largest absolute Gasteiger partial charge is 0.349 e. The summed E-state index contributed by atoms with van der Waals surface area (Å²) < 4.78 is 0. The molecule has 1 saturated heterocycles. The van der Waals surface area contributed by atoms with E-state index in [0.717, 1.165) is 49.1 Å². The predicted octanol–water partition coefficient (Wildman–Crippen LogP) is 5.42. The lowest BCUT2D eigenvalue weighted by Crippen LogP contribution is -2.54. The van der Waals surface area contributed by atoms with E-state index in [0.29, 0.717) is 30.1 Å². The molecule has 0 aromatic heterocycles. The first-order valence-corrected chi connectivity index (χ1v) is 12.9. The Morgan fingerprint density at radius 2 is 1.97 bits per heavy atom. The second kappa shape index (κ2) is 8.77. The van der Waals surface area contributed by atoms with Gasteiger partial charge in [-0.3, -0.25) is 14.4 Å². The van der Waals surface area contributed by atoms with Gasteiger partial charge in [0.1, 0.15) is 0 Å². The summed E-state index contributed by atoms with van der Waals surface area (Å²) in [6.07, 6.45) is 13.1. The summed E-state index contributed by atoms with van der Waals surface area (Å²) in [7, 11) is 5.33. The fourth-order valence-corrected chi connectivity index (χ4v) is 8.48. The van der Waals surface area contributed by atoms with Crippen LogP contribution in [0.25, 0.3) is 0 Å². The minimum Gasteiger partial charge on any atom is -0.349 e. The quantitative estimate of drug-likeness (QED) is 0.550. The maximum Gasteiger partial charge on any atom is 0.250 e.